The Morgan fingerprint density at radius 2 is 2.19 bits per heavy atom. The molecule has 0 bridgehead atoms. The molecular formula is C19H21F3N2O3. The summed E-state index contributed by atoms with van der Waals surface area (Å²) in [5.74, 6) is -0.890. The number of carbonyl (C=O) groups excluding carboxylic acids is 1. The van der Waals surface area contributed by atoms with Crippen molar-refractivity contribution in [2.24, 2.45) is 11.3 Å². The van der Waals surface area contributed by atoms with E-state index < -0.39 is 17.5 Å². The molecule has 2 fully saturated rings. The molecule has 1 amide bonds. The Bertz CT molecular complexity index is 857. The molecule has 1 saturated heterocycles. The van der Waals surface area contributed by atoms with Crippen LogP contribution in [-0.4, -0.2) is 42.3 Å². The lowest BCUT2D eigenvalue weighted by molar-refractivity contribution is -0.237. The smallest absolute Gasteiger partial charge is 0.392 e. The maximum Gasteiger partial charge on any atom is 0.392 e. The van der Waals surface area contributed by atoms with Crippen molar-refractivity contribution in [1.29, 1.82) is 0 Å². The van der Waals surface area contributed by atoms with Gasteiger partial charge in [0.2, 0.25) is 5.91 Å². The number of rotatable bonds is 3. The molecular weight excluding hydrogens is 361 g/mol. The normalized spacial score (nSPS) is 22.1. The molecule has 146 valence electrons. The van der Waals surface area contributed by atoms with Crippen LogP contribution < -0.4 is 4.74 Å². The summed E-state index contributed by atoms with van der Waals surface area (Å²) >= 11 is 0. The first kappa shape index (κ1) is 18.1. The van der Waals surface area contributed by atoms with Gasteiger partial charge in [0, 0.05) is 18.5 Å². The van der Waals surface area contributed by atoms with Crippen molar-refractivity contribution >= 4 is 16.9 Å². The van der Waals surface area contributed by atoms with Crippen LogP contribution in [-0.2, 0) is 11.2 Å². The average molecular weight is 382 g/mol. The molecule has 1 spiro atoms. The van der Waals surface area contributed by atoms with Crippen LogP contribution in [0.2, 0.25) is 0 Å². The number of fused-ring (bicyclic) bond motifs is 1. The minimum atomic E-state index is -4.20. The van der Waals surface area contributed by atoms with Crippen molar-refractivity contribution in [1.82, 2.24) is 10.1 Å². The van der Waals surface area contributed by atoms with Crippen molar-refractivity contribution in [3.05, 3.63) is 23.9 Å². The molecule has 1 aliphatic heterocycles. The lowest BCUT2D eigenvalue weighted by atomic mass is 9.58. The van der Waals surface area contributed by atoms with Crippen molar-refractivity contribution in [3.63, 3.8) is 0 Å². The van der Waals surface area contributed by atoms with Gasteiger partial charge in [-0.1, -0.05) is 11.6 Å². The molecule has 8 heteroatoms. The zero-order chi connectivity index (χ0) is 19.2. The predicted octanol–water partition coefficient (Wildman–Crippen LogP) is 3.96. The molecule has 1 aromatic heterocycles. The fraction of sp³-hybridized carbons (Fsp3) is 0.579. The number of piperidine rings is 1. The number of hydrogen-bond donors (Lipinski definition) is 0. The summed E-state index contributed by atoms with van der Waals surface area (Å²) in [7, 11) is 1.54. The lowest BCUT2D eigenvalue weighted by Crippen LogP contribution is -2.58. The molecule has 1 atom stereocenters. The predicted molar refractivity (Wildman–Crippen MR) is 91.3 cm³/mol. The molecule has 27 heavy (non-hydrogen) atoms. The number of likely N-dealkylation sites (tertiary alicyclic amines) is 1. The quantitative estimate of drug-likeness (QED) is 0.806. The van der Waals surface area contributed by atoms with E-state index in [0.717, 1.165) is 6.42 Å². The van der Waals surface area contributed by atoms with Crippen LogP contribution >= 0.6 is 0 Å². The second-order valence-corrected chi connectivity index (χ2v) is 7.58. The first-order chi connectivity index (χ1) is 12.8. The van der Waals surface area contributed by atoms with Crippen LogP contribution in [0.4, 0.5) is 13.2 Å². The molecule has 2 heterocycles. The maximum absolute atomic E-state index is 13.4. The second kappa shape index (κ2) is 6.42. The van der Waals surface area contributed by atoms with Gasteiger partial charge in [0.05, 0.1) is 19.4 Å². The van der Waals surface area contributed by atoms with Gasteiger partial charge in [0.1, 0.15) is 11.4 Å². The number of ether oxygens (including phenoxy) is 1. The van der Waals surface area contributed by atoms with E-state index in [1.54, 1.807) is 30.2 Å². The van der Waals surface area contributed by atoms with E-state index in [1.807, 2.05) is 0 Å². The van der Waals surface area contributed by atoms with E-state index in [9.17, 15) is 18.0 Å². The van der Waals surface area contributed by atoms with E-state index in [4.69, 9.17) is 9.26 Å². The molecule has 5 nitrogen and oxygen atoms in total. The summed E-state index contributed by atoms with van der Waals surface area (Å²) in [5, 5.41) is 4.66. The van der Waals surface area contributed by atoms with Gasteiger partial charge < -0.3 is 14.2 Å². The van der Waals surface area contributed by atoms with E-state index in [0.29, 0.717) is 35.3 Å². The van der Waals surface area contributed by atoms with Crippen LogP contribution in [0.1, 0.15) is 31.4 Å². The minimum Gasteiger partial charge on any atom is -0.497 e. The number of nitrogens with zero attached hydrogens (tertiary/aromatic N) is 2. The highest BCUT2D eigenvalue weighted by molar-refractivity contribution is 5.87. The fourth-order valence-corrected chi connectivity index (χ4v) is 4.50. The highest BCUT2D eigenvalue weighted by Crippen LogP contribution is 2.56. The summed E-state index contributed by atoms with van der Waals surface area (Å²) in [6.07, 6.45) is -2.36. The monoisotopic (exact) mass is 382 g/mol. The van der Waals surface area contributed by atoms with Gasteiger partial charge in [-0.25, -0.2) is 0 Å². The summed E-state index contributed by atoms with van der Waals surface area (Å²) in [6, 6.07) is 5.20. The van der Waals surface area contributed by atoms with Crippen molar-refractivity contribution in [2.75, 3.05) is 20.2 Å². The van der Waals surface area contributed by atoms with Crippen molar-refractivity contribution in [2.45, 2.75) is 38.3 Å². The number of hydrogen-bond acceptors (Lipinski definition) is 4. The average Bonchev–Trinajstić information content (AvgIpc) is 3.01. The topological polar surface area (TPSA) is 55.6 Å². The fourth-order valence-electron chi connectivity index (χ4n) is 4.50. The highest BCUT2D eigenvalue weighted by atomic mass is 19.4. The summed E-state index contributed by atoms with van der Waals surface area (Å²) in [4.78, 5) is 14.4. The van der Waals surface area contributed by atoms with Gasteiger partial charge in [-0.3, -0.25) is 4.79 Å². The Kier molecular flexibility index (Phi) is 4.31. The molecule has 1 aliphatic carbocycles. The number of halogens is 3. The van der Waals surface area contributed by atoms with Gasteiger partial charge in [0.15, 0.2) is 5.58 Å². The third kappa shape index (κ3) is 3.15. The molecule has 0 radical (unpaired) electrons. The van der Waals surface area contributed by atoms with Crippen LogP contribution in [0.15, 0.2) is 22.7 Å². The van der Waals surface area contributed by atoms with Crippen molar-refractivity contribution < 1.29 is 27.2 Å². The Labute approximate surface area is 154 Å². The van der Waals surface area contributed by atoms with Crippen molar-refractivity contribution in [3.8, 4) is 5.75 Å². The SMILES string of the molecule is COc1ccc2onc(CC(=O)N3CCC(C(F)(F)F)C4(CCC4)C3)c2c1. The van der Waals surface area contributed by atoms with Gasteiger partial charge in [-0.15, -0.1) is 0 Å². The standard InChI is InChI=1S/C19H21F3N2O3/c1-26-12-3-4-15-13(9-12)14(23-27-15)10-17(25)24-8-5-16(19(20,21)22)18(11-24)6-2-7-18/h3-4,9,16H,2,5-8,10-11H2,1H3. The Balaban J connectivity index is 1.51. The second-order valence-electron chi connectivity index (χ2n) is 7.58. The molecule has 0 N–H and O–H groups in total. The molecule has 1 unspecified atom stereocenters. The van der Waals surface area contributed by atoms with Gasteiger partial charge in [-0.05, 0) is 42.9 Å². The summed E-state index contributed by atoms with van der Waals surface area (Å²) < 4.78 is 50.6. The third-order valence-corrected chi connectivity index (χ3v) is 6.10. The van der Waals surface area contributed by atoms with E-state index in [-0.39, 0.29) is 31.8 Å². The number of methoxy groups -OCH3 is 1. The molecule has 1 saturated carbocycles. The number of aromatic nitrogens is 1. The first-order valence-electron chi connectivity index (χ1n) is 9.09. The highest BCUT2D eigenvalue weighted by Gasteiger charge is 2.58. The Morgan fingerprint density at radius 1 is 1.41 bits per heavy atom. The Hall–Kier alpha value is -2.25. The molecule has 2 aliphatic rings. The number of amides is 1. The maximum atomic E-state index is 13.4. The summed E-state index contributed by atoms with van der Waals surface area (Å²) in [6.45, 7) is 0.305. The van der Waals surface area contributed by atoms with Crippen LogP contribution in [0.3, 0.4) is 0 Å². The molecule has 1 aromatic carbocycles. The molecule has 4 rings (SSSR count). The van der Waals surface area contributed by atoms with Gasteiger partial charge in [0.25, 0.3) is 0 Å². The van der Waals surface area contributed by atoms with Gasteiger partial charge >= 0.3 is 6.18 Å². The minimum absolute atomic E-state index is 0.00688. The summed E-state index contributed by atoms with van der Waals surface area (Å²) in [5.41, 5.74) is 0.223. The zero-order valence-corrected chi connectivity index (χ0v) is 15.0. The lowest BCUT2D eigenvalue weighted by Gasteiger charge is -2.54. The number of alkyl halides is 3. The van der Waals surface area contributed by atoms with Gasteiger partial charge in [-0.2, -0.15) is 13.2 Å². The number of benzene rings is 1. The zero-order valence-electron chi connectivity index (χ0n) is 15.0. The Morgan fingerprint density at radius 3 is 2.81 bits per heavy atom. The van der Waals surface area contributed by atoms with Crippen LogP contribution in [0, 0.1) is 11.3 Å². The number of carbonyl (C=O) groups is 1. The third-order valence-electron chi connectivity index (χ3n) is 6.10. The largest absolute Gasteiger partial charge is 0.497 e. The van der Waals surface area contributed by atoms with E-state index in [2.05, 4.69) is 5.16 Å². The van der Waals surface area contributed by atoms with E-state index in [1.165, 1.54) is 0 Å². The molecule has 2 aromatic rings. The van der Waals surface area contributed by atoms with E-state index >= 15 is 0 Å². The van der Waals surface area contributed by atoms with Crippen LogP contribution in [0.5, 0.6) is 5.75 Å². The van der Waals surface area contributed by atoms with Crippen LogP contribution in [0.25, 0.3) is 11.0 Å². The first-order valence-corrected chi connectivity index (χ1v) is 9.09.